The summed E-state index contributed by atoms with van der Waals surface area (Å²) in [5, 5.41) is 16.4. The van der Waals surface area contributed by atoms with E-state index in [4.69, 9.17) is 25.8 Å². The number of phenols is 1. The van der Waals surface area contributed by atoms with Crippen LogP contribution in [-0.4, -0.2) is 114 Å². The molecule has 1 spiro atoms. The molecule has 6 rings (SSSR count). The van der Waals surface area contributed by atoms with Crippen LogP contribution in [0.25, 0.3) is 0 Å². The Morgan fingerprint density at radius 2 is 1.87 bits per heavy atom. The fourth-order valence-electron chi connectivity index (χ4n) is 7.63. The van der Waals surface area contributed by atoms with Crippen LogP contribution in [-0.2, 0) is 44.9 Å². The first-order chi connectivity index (χ1) is 26.7. The molecular weight excluding hydrogens is 742 g/mol. The average Bonchev–Trinajstić information content (AvgIpc) is 3.68. The smallest absolute Gasteiger partial charge is 0.273 e. The first-order valence-electron chi connectivity index (χ1n) is 19.7. The molecule has 2 aromatic carbocycles. The Kier molecular flexibility index (Phi) is 14.4. The molecule has 55 heavy (non-hydrogen) atoms. The molecule has 3 aromatic rings. The van der Waals surface area contributed by atoms with Crippen molar-refractivity contribution in [3.63, 3.8) is 0 Å². The van der Waals surface area contributed by atoms with Crippen LogP contribution in [0.1, 0.15) is 84.6 Å². The lowest BCUT2D eigenvalue weighted by Crippen LogP contribution is -2.58. The number of amides is 3. The molecule has 0 bridgehead atoms. The summed E-state index contributed by atoms with van der Waals surface area (Å²) in [5.74, 6) is 0.361. The van der Waals surface area contributed by atoms with Gasteiger partial charge in [-0.3, -0.25) is 19.3 Å². The number of hydrogen-bond acceptors (Lipinski definition) is 10. The van der Waals surface area contributed by atoms with E-state index in [9.17, 15) is 19.5 Å². The number of anilines is 1. The van der Waals surface area contributed by atoms with Gasteiger partial charge in [-0.05, 0) is 74.6 Å². The second kappa shape index (κ2) is 19.4. The van der Waals surface area contributed by atoms with Gasteiger partial charge in [0.15, 0.2) is 12.4 Å². The Balaban J connectivity index is 0.871. The number of piperidine rings is 1. The van der Waals surface area contributed by atoms with E-state index in [1.54, 1.807) is 17.4 Å². The van der Waals surface area contributed by atoms with Gasteiger partial charge >= 0.3 is 0 Å². The van der Waals surface area contributed by atoms with Crippen LogP contribution in [0.5, 0.6) is 11.5 Å². The number of halogens is 1. The van der Waals surface area contributed by atoms with Crippen LogP contribution >= 0.6 is 22.9 Å². The number of unbranched alkanes of at least 4 members (excludes halogenated alkanes) is 2. The number of aromatic hydroxyl groups is 1. The fourth-order valence-corrected chi connectivity index (χ4v) is 8.63. The average molecular weight is 796 g/mol. The Morgan fingerprint density at radius 3 is 2.65 bits per heavy atom. The largest absolute Gasteiger partial charge is 0.506 e. The van der Waals surface area contributed by atoms with E-state index >= 15 is 0 Å². The molecule has 298 valence electrons. The topological polar surface area (TPSA) is 134 Å². The van der Waals surface area contributed by atoms with Gasteiger partial charge in [-0.15, -0.1) is 11.3 Å². The Hall–Kier alpha value is -3.75. The van der Waals surface area contributed by atoms with E-state index in [0.717, 1.165) is 91.3 Å². The van der Waals surface area contributed by atoms with Crippen LogP contribution in [0.3, 0.4) is 0 Å². The van der Waals surface area contributed by atoms with E-state index < -0.39 is 0 Å². The summed E-state index contributed by atoms with van der Waals surface area (Å²) in [7, 11) is 0. The third-order valence-corrected chi connectivity index (χ3v) is 12.3. The Bertz CT molecular complexity index is 1800. The molecule has 2 saturated heterocycles. The highest BCUT2D eigenvalue weighted by Crippen LogP contribution is 2.40. The normalized spacial score (nSPS) is 16.8. The molecule has 12 nitrogen and oxygen atoms in total. The number of phenolic OH excluding ortho intramolecular Hbond substituents is 1. The highest BCUT2D eigenvalue weighted by molar-refractivity contribution is 7.09. The number of ether oxygens (including phenoxy) is 3. The zero-order valence-corrected chi connectivity index (χ0v) is 33.7. The van der Waals surface area contributed by atoms with Gasteiger partial charge in [0.05, 0.1) is 43.4 Å². The number of rotatable bonds is 17. The summed E-state index contributed by atoms with van der Waals surface area (Å²) < 4.78 is 17.8. The lowest BCUT2D eigenvalue weighted by Gasteiger charge is -2.47. The SMILES string of the molecule is CCc1nc(C(=O)N2CCOC3(CCN(Cc4cccc(CCOCCC(=O)N(CC)CCCCCc5ccc(O)c6c5OCC(=O)N6)c4Cl)CC3)C2)cs1. The molecule has 3 aliphatic rings. The first-order valence-corrected chi connectivity index (χ1v) is 20.9. The number of hydrogen-bond donors (Lipinski definition) is 2. The van der Waals surface area contributed by atoms with Gasteiger partial charge in [0.2, 0.25) is 5.91 Å². The number of nitrogens with zero attached hydrogens (tertiary/aromatic N) is 4. The van der Waals surface area contributed by atoms with Crippen molar-refractivity contribution >= 4 is 46.3 Å². The van der Waals surface area contributed by atoms with Gasteiger partial charge < -0.3 is 34.4 Å². The van der Waals surface area contributed by atoms with Crippen molar-refractivity contribution < 1.29 is 33.7 Å². The zero-order chi connectivity index (χ0) is 38.8. The van der Waals surface area contributed by atoms with Gasteiger partial charge in [0.25, 0.3) is 11.8 Å². The van der Waals surface area contributed by atoms with Crippen molar-refractivity contribution in [1.29, 1.82) is 0 Å². The van der Waals surface area contributed by atoms with Gasteiger partial charge in [-0.25, -0.2) is 4.98 Å². The van der Waals surface area contributed by atoms with Crippen LogP contribution in [0.15, 0.2) is 35.7 Å². The summed E-state index contributed by atoms with van der Waals surface area (Å²) in [6.07, 6.45) is 7.02. The molecule has 0 saturated carbocycles. The number of morpholine rings is 1. The number of aromatic nitrogens is 1. The highest BCUT2D eigenvalue weighted by atomic mass is 35.5. The quantitative estimate of drug-likeness (QED) is 0.123. The Morgan fingerprint density at radius 1 is 1.05 bits per heavy atom. The number of fused-ring (bicyclic) bond motifs is 1. The van der Waals surface area contributed by atoms with E-state index in [1.807, 2.05) is 40.3 Å². The summed E-state index contributed by atoms with van der Waals surface area (Å²) in [5.41, 5.74) is 3.65. The summed E-state index contributed by atoms with van der Waals surface area (Å²) in [6.45, 7) is 10.4. The van der Waals surface area contributed by atoms with Crippen molar-refractivity contribution in [3.8, 4) is 11.5 Å². The number of nitrogens with one attached hydrogen (secondary N) is 1. The molecule has 1 aromatic heterocycles. The lowest BCUT2D eigenvalue weighted by molar-refractivity contribution is -0.132. The van der Waals surface area contributed by atoms with Crippen LogP contribution in [0, 0.1) is 0 Å². The van der Waals surface area contributed by atoms with Gasteiger partial charge in [0, 0.05) is 49.7 Å². The minimum atomic E-state index is -0.318. The number of carbonyl (C=O) groups is 3. The second-order valence-electron chi connectivity index (χ2n) is 14.6. The van der Waals surface area contributed by atoms with Crippen LogP contribution in [0.2, 0.25) is 5.02 Å². The number of aryl methyl sites for hydroxylation is 2. The lowest BCUT2D eigenvalue weighted by atomic mass is 9.89. The highest BCUT2D eigenvalue weighted by Gasteiger charge is 2.41. The molecule has 0 aliphatic carbocycles. The molecule has 2 fully saturated rings. The monoisotopic (exact) mass is 795 g/mol. The molecule has 0 radical (unpaired) electrons. The third-order valence-electron chi connectivity index (χ3n) is 10.8. The second-order valence-corrected chi connectivity index (χ2v) is 15.9. The van der Waals surface area contributed by atoms with Gasteiger partial charge in [0.1, 0.15) is 17.1 Å². The summed E-state index contributed by atoms with van der Waals surface area (Å²) in [4.78, 5) is 48.5. The van der Waals surface area contributed by atoms with Crippen molar-refractivity contribution in [2.45, 2.75) is 83.8 Å². The molecule has 3 aliphatic heterocycles. The van der Waals surface area contributed by atoms with Crippen molar-refractivity contribution in [1.82, 2.24) is 19.7 Å². The van der Waals surface area contributed by atoms with Crippen molar-refractivity contribution in [2.75, 3.05) is 71.0 Å². The van der Waals surface area contributed by atoms with E-state index in [1.165, 1.54) is 0 Å². The molecule has 0 atom stereocenters. The van der Waals surface area contributed by atoms with E-state index in [0.29, 0.717) is 76.0 Å². The molecule has 4 heterocycles. The maximum Gasteiger partial charge on any atom is 0.273 e. The number of likely N-dealkylation sites (tertiary alicyclic amines) is 1. The van der Waals surface area contributed by atoms with E-state index in [2.05, 4.69) is 28.2 Å². The molecular formula is C41H54ClN5O7S. The third kappa shape index (κ3) is 10.6. The standard InChI is InChI=1S/C41H54ClN5O7S/c1-3-35-43-32(27-55-35)40(51)47-21-24-54-41(28-47)16-19-45(20-17-41)25-31-11-8-10-29(37(31)42)14-22-52-23-15-36(50)46(4-2)18-7-5-6-9-30-12-13-33(48)38-39(30)53-26-34(49)44-38/h8,10-13,27,48H,3-7,9,14-26,28H2,1-2H3,(H,44,49). The van der Waals surface area contributed by atoms with Crippen molar-refractivity contribution in [3.05, 3.63) is 68.1 Å². The zero-order valence-electron chi connectivity index (χ0n) is 32.1. The van der Waals surface area contributed by atoms with Crippen LogP contribution in [0.4, 0.5) is 5.69 Å². The van der Waals surface area contributed by atoms with E-state index in [-0.39, 0.29) is 35.7 Å². The van der Waals surface area contributed by atoms with Gasteiger partial charge in [-0.1, -0.05) is 49.2 Å². The number of carbonyl (C=O) groups excluding carboxylic acids is 3. The van der Waals surface area contributed by atoms with Gasteiger partial charge in [-0.2, -0.15) is 0 Å². The Labute approximate surface area is 333 Å². The molecule has 3 amide bonds. The fraction of sp³-hybridized carbons (Fsp3) is 0.561. The predicted octanol–water partition coefficient (Wildman–Crippen LogP) is 6.11. The molecule has 14 heteroatoms. The summed E-state index contributed by atoms with van der Waals surface area (Å²) >= 11 is 8.46. The predicted molar refractivity (Wildman–Crippen MR) is 213 cm³/mol. The maximum absolute atomic E-state index is 13.2. The summed E-state index contributed by atoms with van der Waals surface area (Å²) in [6, 6.07) is 9.59. The first kappa shape index (κ1) is 40.9. The van der Waals surface area contributed by atoms with Crippen LogP contribution < -0.4 is 10.1 Å². The minimum Gasteiger partial charge on any atom is -0.506 e. The van der Waals surface area contributed by atoms with Crippen molar-refractivity contribution in [2.24, 2.45) is 0 Å². The number of benzene rings is 2. The molecule has 0 unspecified atom stereocenters. The number of thiazole rings is 1. The maximum atomic E-state index is 13.2. The minimum absolute atomic E-state index is 0.00169. The molecule has 2 N–H and O–H groups in total.